The van der Waals surface area contributed by atoms with Crippen molar-refractivity contribution in [3.8, 4) is 102 Å². The molecular weight excluding hydrogens is 737 g/mol. The normalized spacial score (nSPS) is 11.0. The summed E-state index contributed by atoms with van der Waals surface area (Å²) < 4.78 is 0. The van der Waals surface area contributed by atoms with E-state index in [0.29, 0.717) is 46.1 Å². The summed E-state index contributed by atoms with van der Waals surface area (Å²) >= 11 is 0. The van der Waals surface area contributed by atoms with Gasteiger partial charge in [0.1, 0.15) is 0 Å². The average Bonchev–Trinajstić information content (AvgIpc) is 3.35. The van der Waals surface area contributed by atoms with Crippen LogP contribution in [-0.2, 0) is 0 Å². The molecule has 10 rings (SSSR count). The monoisotopic (exact) mass is 770 g/mol. The van der Waals surface area contributed by atoms with Crippen LogP contribution in [0.4, 0.5) is 0 Å². The third-order valence-electron chi connectivity index (χ3n) is 10.1. The molecule has 0 radical (unpaired) electrons. The first-order valence-electron chi connectivity index (χ1n) is 19.6. The molecule has 60 heavy (non-hydrogen) atoms. The summed E-state index contributed by atoms with van der Waals surface area (Å²) in [5, 5.41) is 0. The lowest BCUT2D eigenvalue weighted by Crippen LogP contribution is -2.02. The Morgan fingerprint density at radius 2 is 0.733 bits per heavy atom. The molecule has 0 atom stereocenters. The second kappa shape index (κ2) is 16.2. The van der Waals surface area contributed by atoms with Crippen LogP contribution < -0.4 is 0 Å². The van der Waals surface area contributed by atoms with Gasteiger partial charge >= 0.3 is 0 Å². The Labute approximate surface area is 347 Å². The van der Waals surface area contributed by atoms with Crippen molar-refractivity contribution in [2.45, 2.75) is 0 Å². The Morgan fingerprint density at radius 1 is 0.250 bits per heavy atom. The Bertz CT molecular complexity index is 2940. The summed E-state index contributed by atoms with van der Waals surface area (Å²) in [6.45, 7) is 0. The topological polar surface area (TPSA) is 103 Å². The van der Waals surface area contributed by atoms with Crippen LogP contribution in [0, 0.1) is 0 Å². The highest BCUT2D eigenvalue weighted by molar-refractivity contribution is 5.82. The van der Waals surface area contributed by atoms with E-state index in [4.69, 9.17) is 39.9 Å². The number of pyridine rings is 3. The van der Waals surface area contributed by atoms with E-state index < -0.39 is 0 Å². The second-order valence-corrected chi connectivity index (χ2v) is 14.1. The van der Waals surface area contributed by atoms with Gasteiger partial charge in [-0.15, -0.1) is 0 Å². The molecule has 0 fully saturated rings. The first kappa shape index (κ1) is 36.0. The summed E-state index contributed by atoms with van der Waals surface area (Å²) in [5.74, 6) is 2.28. The van der Waals surface area contributed by atoms with Crippen molar-refractivity contribution in [2.75, 3.05) is 0 Å². The van der Waals surface area contributed by atoms with E-state index in [2.05, 4.69) is 36.4 Å². The average molecular weight is 771 g/mol. The summed E-state index contributed by atoms with van der Waals surface area (Å²) in [5.41, 5.74) is 11.6. The molecule has 0 unspecified atom stereocenters. The molecule has 0 amide bonds. The number of nitrogens with zero attached hydrogens (tertiary/aromatic N) is 8. The molecule has 8 heteroatoms. The first-order valence-corrected chi connectivity index (χ1v) is 19.6. The van der Waals surface area contributed by atoms with E-state index in [-0.39, 0.29) is 0 Å². The van der Waals surface area contributed by atoms with E-state index in [1.165, 1.54) is 0 Å². The molecule has 0 N–H and O–H groups in total. The molecule has 10 aromatic rings. The minimum absolute atomic E-state index is 0.497. The van der Waals surface area contributed by atoms with Crippen molar-refractivity contribution in [1.82, 2.24) is 39.9 Å². The molecule has 0 saturated heterocycles. The van der Waals surface area contributed by atoms with Gasteiger partial charge in [-0.2, -0.15) is 0 Å². The van der Waals surface area contributed by atoms with Gasteiger partial charge in [-0.05, 0) is 53.6 Å². The molecule has 8 nitrogen and oxygen atoms in total. The molecule has 282 valence electrons. The molecule has 0 saturated carbocycles. The zero-order valence-corrected chi connectivity index (χ0v) is 32.2. The molecule has 0 aliphatic carbocycles. The molecule has 0 aliphatic heterocycles. The van der Waals surface area contributed by atoms with Crippen molar-refractivity contribution < 1.29 is 0 Å². The van der Waals surface area contributed by atoms with Gasteiger partial charge in [0.25, 0.3) is 0 Å². The Morgan fingerprint density at radius 3 is 1.28 bits per heavy atom. The van der Waals surface area contributed by atoms with E-state index in [1.54, 1.807) is 6.20 Å². The van der Waals surface area contributed by atoms with Crippen LogP contribution in [0.5, 0.6) is 0 Å². The van der Waals surface area contributed by atoms with Gasteiger partial charge in [0.05, 0.1) is 34.2 Å². The van der Waals surface area contributed by atoms with Crippen LogP contribution in [0.25, 0.3) is 102 Å². The third kappa shape index (κ3) is 7.56. The maximum absolute atomic E-state index is 5.23. The minimum atomic E-state index is 0.497. The highest BCUT2D eigenvalue weighted by Gasteiger charge is 2.19. The van der Waals surface area contributed by atoms with E-state index in [9.17, 15) is 0 Å². The number of hydrogen-bond acceptors (Lipinski definition) is 8. The maximum atomic E-state index is 5.23. The molecule has 5 aromatic heterocycles. The van der Waals surface area contributed by atoms with Gasteiger partial charge in [0.2, 0.25) is 0 Å². The highest BCUT2D eigenvalue weighted by Crippen LogP contribution is 2.35. The van der Waals surface area contributed by atoms with E-state index in [1.807, 2.05) is 164 Å². The maximum Gasteiger partial charge on any atom is 0.166 e. The molecule has 5 heterocycles. The fourth-order valence-electron chi connectivity index (χ4n) is 7.06. The van der Waals surface area contributed by atoms with E-state index >= 15 is 0 Å². The zero-order chi connectivity index (χ0) is 40.1. The summed E-state index contributed by atoms with van der Waals surface area (Å²) in [4.78, 5) is 40.1. The molecule has 5 aromatic carbocycles. The highest BCUT2D eigenvalue weighted by atomic mass is 15.0. The van der Waals surface area contributed by atoms with Crippen molar-refractivity contribution in [2.24, 2.45) is 0 Å². The summed E-state index contributed by atoms with van der Waals surface area (Å²) in [6, 6.07) is 64.4. The molecule has 0 spiro atoms. The standard InChI is InChI=1S/C52H34N8/c1-6-17-35(18-7-1)41-31-46(43-29-28-40(34-54-43)45-33-44(36-19-8-2-9-20-36)56-49(57-45)37-21-10-3-11-22-37)55-47(32-41)48-42(27-16-30-53-48)52-59-50(38-23-12-4-13-24-38)58-51(60-52)39-25-14-5-15-26-39/h1-34H. The lowest BCUT2D eigenvalue weighted by molar-refractivity contribution is 1.07. The van der Waals surface area contributed by atoms with Crippen molar-refractivity contribution >= 4 is 0 Å². The zero-order valence-electron chi connectivity index (χ0n) is 32.2. The first-order chi connectivity index (χ1) is 29.7. The Balaban J connectivity index is 1.09. The number of benzene rings is 5. The number of rotatable bonds is 9. The second-order valence-electron chi connectivity index (χ2n) is 14.1. The Hall–Kier alpha value is -8.36. The van der Waals surface area contributed by atoms with Gasteiger partial charge in [0.15, 0.2) is 23.3 Å². The smallest absolute Gasteiger partial charge is 0.166 e. The van der Waals surface area contributed by atoms with Gasteiger partial charge in [-0.1, -0.05) is 152 Å². The largest absolute Gasteiger partial charge is 0.254 e. The van der Waals surface area contributed by atoms with Crippen molar-refractivity contribution in [3.05, 3.63) is 207 Å². The number of aromatic nitrogens is 8. The van der Waals surface area contributed by atoms with Crippen LogP contribution in [-0.4, -0.2) is 39.9 Å². The quantitative estimate of drug-likeness (QED) is 0.143. The van der Waals surface area contributed by atoms with Crippen LogP contribution >= 0.6 is 0 Å². The fourth-order valence-corrected chi connectivity index (χ4v) is 7.06. The van der Waals surface area contributed by atoms with Crippen LogP contribution in [0.1, 0.15) is 0 Å². The van der Waals surface area contributed by atoms with Crippen LogP contribution in [0.15, 0.2) is 207 Å². The van der Waals surface area contributed by atoms with Crippen molar-refractivity contribution in [3.63, 3.8) is 0 Å². The Kier molecular flexibility index (Phi) is 9.75. The lowest BCUT2D eigenvalue weighted by atomic mass is 10.0. The lowest BCUT2D eigenvalue weighted by Gasteiger charge is -2.13. The van der Waals surface area contributed by atoms with E-state index in [0.717, 1.165) is 55.9 Å². The molecule has 0 aliphatic rings. The van der Waals surface area contributed by atoms with Gasteiger partial charge in [-0.3, -0.25) is 9.97 Å². The van der Waals surface area contributed by atoms with Crippen LogP contribution in [0.3, 0.4) is 0 Å². The minimum Gasteiger partial charge on any atom is -0.254 e. The van der Waals surface area contributed by atoms with Crippen molar-refractivity contribution in [1.29, 1.82) is 0 Å². The summed E-state index contributed by atoms with van der Waals surface area (Å²) in [7, 11) is 0. The number of hydrogen-bond donors (Lipinski definition) is 0. The SMILES string of the molecule is c1ccc(-c2cc(-c3ccc(-c4cc(-c5ccccc5)nc(-c5ccccc5)n4)cn3)nc(-c3ncccc3-c3nc(-c4ccccc4)nc(-c4ccccc4)n3)c2)cc1. The molecule has 0 bridgehead atoms. The van der Waals surface area contributed by atoms with Gasteiger partial charge in [-0.25, -0.2) is 29.9 Å². The fraction of sp³-hybridized carbons (Fsp3) is 0. The van der Waals surface area contributed by atoms with Crippen LogP contribution in [0.2, 0.25) is 0 Å². The summed E-state index contributed by atoms with van der Waals surface area (Å²) in [6.07, 6.45) is 3.62. The van der Waals surface area contributed by atoms with Gasteiger partial charge < -0.3 is 0 Å². The third-order valence-corrected chi connectivity index (χ3v) is 10.1. The molecular formula is C52H34N8. The predicted molar refractivity (Wildman–Crippen MR) is 238 cm³/mol. The predicted octanol–water partition coefficient (Wildman–Crippen LogP) is 11.8. The van der Waals surface area contributed by atoms with Gasteiger partial charge in [0, 0.05) is 45.8 Å².